The van der Waals surface area contributed by atoms with Crippen LogP contribution in [0.25, 0.3) is 10.1 Å². The largest absolute Gasteiger partial charge is 0.386 e. The van der Waals surface area contributed by atoms with E-state index in [1.54, 1.807) is 11.3 Å². The molecule has 114 valence electrons. The number of aliphatic hydroxyl groups excluding tert-OH is 1. The Hall–Kier alpha value is -1.43. The maximum absolute atomic E-state index is 11.8. The quantitative estimate of drug-likeness (QED) is 0.861. The zero-order valence-electron chi connectivity index (χ0n) is 12.7. The minimum atomic E-state index is -0.657. The highest BCUT2D eigenvalue weighted by Gasteiger charge is 2.14. The lowest BCUT2D eigenvalue weighted by molar-refractivity contribution is -0.122. The van der Waals surface area contributed by atoms with Crippen LogP contribution in [0.3, 0.4) is 0 Å². The van der Waals surface area contributed by atoms with Crippen LogP contribution in [0, 0.1) is 0 Å². The van der Waals surface area contributed by atoms with E-state index < -0.39 is 6.10 Å². The van der Waals surface area contributed by atoms with Gasteiger partial charge in [-0.25, -0.2) is 0 Å². The minimum Gasteiger partial charge on any atom is -0.386 e. The van der Waals surface area contributed by atoms with Crippen molar-refractivity contribution in [3.8, 4) is 0 Å². The molecule has 0 aliphatic rings. The standard InChI is InChI=1S/C16H22N2O2S/c1-11(2)18(3)10-16(20)17-9-13(19)15-8-12-6-4-5-7-14(12)21-15/h4-8,11,13,19H,9-10H2,1-3H3,(H,17,20). The first-order chi connectivity index (χ1) is 9.97. The Morgan fingerprint density at radius 2 is 2.10 bits per heavy atom. The summed E-state index contributed by atoms with van der Waals surface area (Å²) in [6, 6.07) is 10.3. The van der Waals surface area contributed by atoms with E-state index in [4.69, 9.17) is 0 Å². The SMILES string of the molecule is CC(C)N(C)CC(=O)NCC(O)c1cc2ccccc2s1. The van der Waals surface area contributed by atoms with Crippen molar-refractivity contribution in [2.45, 2.75) is 26.0 Å². The average Bonchev–Trinajstić information content (AvgIpc) is 2.88. The summed E-state index contributed by atoms with van der Waals surface area (Å²) in [6.07, 6.45) is -0.657. The highest BCUT2D eigenvalue weighted by atomic mass is 32.1. The van der Waals surface area contributed by atoms with E-state index in [1.165, 1.54) is 0 Å². The molecule has 0 radical (unpaired) electrons. The number of thiophene rings is 1. The molecule has 2 aromatic rings. The third-order valence-electron chi connectivity index (χ3n) is 3.54. The van der Waals surface area contributed by atoms with Crippen LogP contribution < -0.4 is 5.32 Å². The molecule has 1 heterocycles. The number of nitrogens with one attached hydrogen (secondary N) is 1. The molecule has 1 unspecified atom stereocenters. The summed E-state index contributed by atoms with van der Waals surface area (Å²) in [5.41, 5.74) is 0. The van der Waals surface area contributed by atoms with Gasteiger partial charge in [0.1, 0.15) is 6.10 Å². The van der Waals surface area contributed by atoms with Gasteiger partial charge in [-0.3, -0.25) is 9.69 Å². The van der Waals surface area contributed by atoms with Gasteiger partial charge in [-0.15, -0.1) is 11.3 Å². The molecule has 4 nitrogen and oxygen atoms in total. The molecule has 0 spiro atoms. The van der Waals surface area contributed by atoms with Gasteiger partial charge in [-0.2, -0.15) is 0 Å². The molecule has 0 bridgehead atoms. The van der Waals surface area contributed by atoms with Crippen LogP contribution >= 0.6 is 11.3 Å². The van der Waals surface area contributed by atoms with E-state index in [9.17, 15) is 9.90 Å². The molecule has 2 rings (SSSR count). The van der Waals surface area contributed by atoms with Crippen LogP contribution in [0.1, 0.15) is 24.8 Å². The van der Waals surface area contributed by atoms with E-state index in [1.807, 2.05) is 56.1 Å². The molecule has 1 amide bonds. The Bertz CT molecular complexity index is 576. The molecule has 0 aliphatic carbocycles. The summed E-state index contributed by atoms with van der Waals surface area (Å²) in [5, 5.41) is 14.1. The Kier molecular flexibility index (Phi) is 5.33. The lowest BCUT2D eigenvalue weighted by Gasteiger charge is -2.20. The summed E-state index contributed by atoms with van der Waals surface area (Å²) in [7, 11) is 1.91. The second-order valence-corrected chi connectivity index (χ2v) is 6.63. The van der Waals surface area contributed by atoms with E-state index in [2.05, 4.69) is 5.32 Å². The number of carbonyl (C=O) groups excluding carboxylic acids is 1. The van der Waals surface area contributed by atoms with Crippen LogP contribution in [0.2, 0.25) is 0 Å². The van der Waals surface area contributed by atoms with Crippen LogP contribution in [0.15, 0.2) is 30.3 Å². The zero-order chi connectivity index (χ0) is 15.4. The molecule has 0 saturated heterocycles. The molecule has 0 aliphatic heterocycles. The second-order valence-electron chi connectivity index (χ2n) is 5.52. The van der Waals surface area contributed by atoms with Crippen molar-refractivity contribution in [3.05, 3.63) is 35.2 Å². The predicted molar refractivity (Wildman–Crippen MR) is 87.6 cm³/mol. The number of hydrogen-bond acceptors (Lipinski definition) is 4. The molecule has 5 heteroatoms. The smallest absolute Gasteiger partial charge is 0.234 e. The topological polar surface area (TPSA) is 52.6 Å². The number of benzene rings is 1. The highest BCUT2D eigenvalue weighted by Crippen LogP contribution is 2.29. The van der Waals surface area contributed by atoms with Gasteiger partial charge in [0.2, 0.25) is 5.91 Å². The van der Waals surface area contributed by atoms with Crippen molar-refractivity contribution in [3.63, 3.8) is 0 Å². The number of hydrogen-bond donors (Lipinski definition) is 2. The number of carbonyl (C=O) groups is 1. The first-order valence-corrected chi connectivity index (χ1v) is 7.92. The molecule has 0 fully saturated rings. The molecular weight excluding hydrogens is 284 g/mol. The number of nitrogens with zero attached hydrogens (tertiary/aromatic N) is 1. The van der Waals surface area contributed by atoms with Gasteiger partial charge in [0.25, 0.3) is 0 Å². The van der Waals surface area contributed by atoms with Crippen molar-refractivity contribution in [2.75, 3.05) is 20.1 Å². The van der Waals surface area contributed by atoms with Gasteiger partial charge in [0.05, 0.1) is 6.54 Å². The van der Waals surface area contributed by atoms with Crippen LogP contribution in [0.4, 0.5) is 0 Å². The third kappa shape index (κ3) is 4.27. The summed E-state index contributed by atoms with van der Waals surface area (Å²) in [4.78, 5) is 14.6. The summed E-state index contributed by atoms with van der Waals surface area (Å²) in [6.45, 7) is 4.67. The number of fused-ring (bicyclic) bond motifs is 1. The third-order valence-corrected chi connectivity index (χ3v) is 4.76. The maximum Gasteiger partial charge on any atom is 0.234 e. The summed E-state index contributed by atoms with van der Waals surface area (Å²) in [5.74, 6) is -0.0636. The maximum atomic E-state index is 11.8. The lowest BCUT2D eigenvalue weighted by atomic mass is 10.2. The molecule has 1 aromatic carbocycles. The molecular formula is C16H22N2O2S. The van der Waals surface area contributed by atoms with Crippen molar-refractivity contribution in [1.29, 1.82) is 0 Å². The van der Waals surface area contributed by atoms with Gasteiger partial charge in [0, 0.05) is 22.2 Å². The van der Waals surface area contributed by atoms with Gasteiger partial charge < -0.3 is 10.4 Å². The molecule has 2 N–H and O–H groups in total. The fourth-order valence-electron chi connectivity index (χ4n) is 1.94. The van der Waals surface area contributed by atoms with Crippen molar-refractivity contribution in [1.82, 2.24) is 10.2 Å². The first-order valence-electron chi connectivity index (χ1n) is 7.11. The van der Waals surface area contributed by atoms with Crippen LogP contribution in [-0.2, 0) is 4.79 Å². The molecule has 21 heavy (non-hydrogen) atoms. The summed E-state index contributed by atoms with van der Waals surface area (Å²) >= 11 is 1.56. The Labute approximate surface area is 129 Å². The zero-order valence-corrected chi connectivity index (χ0v) is 13.5. The minimum absolute atomic E-state index is 0.0636. The fourth-order valence-corrected chi connectivity index (χ4v) is 2.99. The van der Waals surface area contributed by atoms with Gasteiger partial charge in [-0.05, 0) is 38.4 Å². The van der Waals surface area contributed by atoms with E-state index in [-0.39, 0.29) is 12.5 Å². The second kappa shape index (κ2) is 7.02. The Morgan fingerprint density at radius 3 is 2.76 bits per heavy atom. The van der Waals surface area contributed by atoms with Gasteiger partial charge in [-0.1, -0.05) is 18.2 Å². The Morgan fingerprint density at radius 1 is 1.38 bits per heavy atom. The molecule has 1 aromatic heterocycles. The molecule has 0 saturated carbocycles. The van der Waals surface area contributed by atoms with Crippen molar-refractivity contribution < 1.29 is 9.90 Å². The molecule has 1 atom stereocenters. The van der Waals surface area contributed by atoms with E-state index >= 15 is 0 Å². The normalized spacial score (nSPS) is 13.0. The van der Waals surface area contributed by atoms with Gasteiger partial charge >= 0.3 is 0 Å². The van der Waals surface area contributed by atoms with Crippen molar-refractivity contribution in [2.24, 2.45) is 0 Å². The highest BCUT2D eigenvalue weighted by molar-refractivity contribution is 7.19. The number of rotatable bonds is 6. The average molecular weight is 306 g/mol. The van der Waals surface area contributed by atoms with Crippen molar-refractivity contribution >= 4 is 27.3 Å². The number of amides is 1. The van der Waals surface area contributed by atoms with Gasteiger partial charge in [0.15, 0.2) is 0 Å². The van der Waals surface area contributed by atoms with E-state index in [0.717, 1.165) is 15.0 Å². The lowest BCUT2D eigenvalue weighted by Crippen LogP contribution is -2.39. The number of aliphatic hydroxyl groups is 1. The predicted octanol–water partition coefficient (Wildman–Crippen LogP) is 2.39. The first kappa shape index (κ1) is 15.9. The van der Waals surface area contributed by atoms with Crippen LogP contribution in [0.5, 0.6) is 0 Å². The fraction of sp³-hybridized carbons (Fsp3) is 0.438. The monoisotopic (exact) mass is 306 g/mol. The Balaban J connectivity index is 1.89. The number of likely N-dealkylation sites (N-methyl/N-ethyl adjacent to an activating group) is 1. The summed E-state index contributed by atoms with van der Waals surface area (Å²) < 4.78 is 1.15. The van der Waals surface area contributed by atoms with Crippen LogP contribution in [-0.4, -0.2) is 42.1 Å². The van der Waals surface area contributed by atoms with E-state index in [0.29, 0.717) is 12.6 Å².